The predicted octanol–water partition coefficient (Wildman–Crippen LogP) is 1.26. The molecule has 0 bridgehead atoms. The number of allylic oxidation sites excluding steroid dienone is 2. The van der Waals surface area contributed by atoms with Crippen molar-refractivity contribution in [2.45, 2.75) is 33.0 Å². The zero-order chi connectivity index (χ0) is 13.8. The molecule has 1 N–H and O–H groups in total. The van der Waals surface area contributed by atoms with Crippen LogP contribution in [0.2, 0.25) is 0 Å². The highest BCUT2D eigenvalue weighted by Gasteiger charge is 2.16. The smallest absolute Gasteiger partial charge is 0.365 e. The fourth-order valence-corrected chi connectivity index (χ4v) is 0.954. The van der Waals surface area contributed by atoms with Crippen LogP contribution in [0.25, 0.3) is 0 Å². The minimum Gasteiger partial charge on any atom is -0.429 e. The van der Waals surface area contributed by atoms with Crippen molar-refractivity contribution < 1.29 is 29.2 Å². The first-order valence-electron chi connectivity index (χ1n) is 5.58. The Hall–Kier alpha value is -1.66. The van der Waals surface area contributed by atoms with Crippen LogP contribution in [0, 0.1) is 0 Å². The van der Waals surface area contributed by atoms with Gasteiger partial charge in [0, 0.05) is 25.2 Å². The zero-order valence-corrected chi connectivity index (χ0v) is 10.5. The Morgan fingerprint density at radius 3 is 2.33 bits per heavy atom. The van der Waals surface area contributed by atoms with Gasteiger partial charge in [-0.15, -0.1) is 4.89 Å². The lowest BCUT2D eigenvalue weighted by atomic mass is 10.3. The van der Waals surface area contributed by atoms with Crippen molar-refractivity contribution in [1.82, 2.24) is 0 Å². The number of carbonyl (C=O) groups is 2. The number of aliphatic hydroxyl groups excluding tert-OH is 1. The van der Waals surface area contributed by atoms with Crippen LogP contribution in [0.3, 0.4) is 0 Å². The van der Waals surface area contributed by atoms with Crippen LogP contribution >= 0.6 is 0 Å². The molecule has 0 heterocycles. The maximum Gasteiger partial charge on any atom is 0.365 e. The largest absolute Gasteiger partial charge is 0.429 e. The molecular formula is C12H18O6. The molecule has 0 aliphatic carbocycles. The standard InChI is InChI=1S/C12H18O6/c1-3-6-10(14)16-12(8-5-9-13)18-17-11(15)7-4-2/h3-4,6-7,12-13H,5,8-9H2,1-2H3/b6-3+,7-4+. The third-order valence-electron chi connectivity index (χ3n) is 1.69. The molecule has 0 fully saturated rings. The van der Waals surface area contributed by atoms with Crippen molar-refractivity contribution in [2.24, 2.45) is 0 Å². The second-order valence-corrected chi connectivity index (χ2v) is 3.23. The molecule has 0 radical (unpaired) electrons. The van der Waals surface area contributed by atoms with Gasteiger partial charge in [0.05, 0.1) is 0 Å². The SMILES string of the molecule is C/C=C/C(=O)OOC(CCCO)OC(=O)/C=C/C. The van der Waals surface area contributed by atoms with Gasteiger partial charge in [-0.05, 0) is 20.3 Å². The van der Waals surface area contributed by atoms with Gasteiger partial charge in [-0.2, -0.15) is 0 Å². The summed E-state index contributed by atoms with van der Waals surface area (Å²) in [6.07, 6.45) is 4.92. The van der Waals surface area contributed by atoms with Crippen LogP contribution in [0.15, 0.2) is 24.3 Å². The molecular weight excluding hydrogens is 240 g/mol. The van der Waals surface area contributed by atoms with Crippen LogP contribution < -0.4 is 0 Å². The first kappa shape index (κ1) is 16.3. The molecule has 6 heteroatoms. The third kappa shape index (κ3) is 8.49. The number of hydrogen-bond donors (Lipinski definition) is 1. The van der Waals surface area contributed by atoms with Crippen LogP contribution in [0.4, 0.5) is 0 Å². The van der Waals surface area contributed by atoms with Gasteiger partial charge in [0.1, 0.15) is 0 Å². The lowest BCUT2D eigenvalue weighted by Crippen LogP contribution is -2.22. The van der Waals surface area contributed by atoms with Crippen molar-refractivity contribution >= 4 is 11.9 Å². The minimum atomic E-state index is -1.03. The zero-order valence-electron chi connectivity index (χ0n) is 10.5. The Balaban J connectivity index is 4.21. The Kier molecular flexibility index (Phi) is 9.52. The van der Waals surface area contributed by atoms with Crippen molar-refractivity contribution in [3.63, 3.8) is 0 Å². The fraction of sp³-hybridized carbons (Fsp3) is 0.500. The summed E-state index contributed by atoms with van der Waals surface area (Å²) >= 11 is 0. The highest BCUT2D eigenvalue weighted by molar-refractivity contribution is 5.82. The monoisotopic (exact) mass is 258 g/mol. The highest BCUT2D eigenvalue weighted by atomic mass is 17.2. The Morgan fingerprint density at radius 2 is 1.78 bits per heavy atom. The van der Waals surface area contributed by atoms with E-state index in [0.29, 0.717) is 6.42 Å². The fourth-order valence-electron chi connectivity index (χ4n) is 0.954. The van der Waals surface area contributed by atoms with Crippen molar-refractivity contribution in [2.75, 3.05) is 6.61 Å². The molecule has 18 heavy (non-hydrogen) atoms. The first-order valence-corrected chi connectivity index (χ1v) is 5.58. The topological polar surface area (TPSA) is 82.1 Å². The molecule has 0 rings (SSSR count). The number of esters is 1. The maximum atomic E-state index is 11.2. The summed E-state index contributed by atoms with van der Waals surface area (Å²) in [4.78, 5) is 31.3. The number of ether oxygens (including phenoxy) is 1. The maximum absolute atomic E-state index is 11.2. The van der Waals surface area contributed by atoms with Crippen molar-refractivity contribution in [1.29, 1.82) is 0 Å². The summed E-state index contributed by atoms with van der Waals surface area (Å²) < 4.78 is 4.86. The molecule has 1 atom stereocenters. The van der Waals surface area contributed by atoms with Crippen LogP contribution in [0.1, 0.15) is 26.7 Å². The van der Waals surface area contributed by atoms with E-state index in [0.717, 1.165) is 6.08 Å². The highest BCUT2D eigenvalue weighted by Crippen LogP contribution is 2.06. The van der Waals surface area contributed by atoms with Crippen LogP contribution in [0.5, 0.6) is 0 Å². The van der Waals surface area contributed by atoms with E-state index in [9.17, 15) is 9.59 Å². The summed E-state index contributed by atoms with van der Waals surface area (Å²) in [5.74, 6) is -1.31. The molecule has 0 spiro atoms. The van der Waals surface area contributed by atoms with Gasteiger partial charge >= 0.3 is 11.9 Å². The van der Waals surface area contributed by atoms with E-state index in [1.807, 2.05) is 0 Å². The van der Waals surface area contributed by atoms with Gasteiger partial charge in [-0.1, -0.05) is 12.2 Å². The number of rotatable bonds is 8. The molecule has 0 saturated heterocycles. The van der Waals surface area contributed by atoms with Gasteiger partial charge in [-0.3, -0.25) is 4.89 Å². The van der Waals surface area contributed by atoms with Crippen molar-refractivity contribution in [3.8, 4) is 0 Å². The van der Waals surface area contributed by atoms with E-state index in [-0.39, 0.29) is 13.0 Å². The first-order chi connectivity index (χ1) is 8.63. The Labute approximate surface area is 106 Å². The van der Waals surface area contributed by atoms with E-state index in [1.165, 1.54) is 18.2 Å². The molecule has 0 aliphatic heterocycles. The summed E-state index contributed by atoms with van der Waals surface area (Å²) in [6.45, 7) is 3.23. The Bertz CT molecular complexity index is 308. The van der Waals surface area contributed by atoms with Gasteiger partial charge in [0.25, 0.3) is 0 Å². The average Bonchev–Trinajstić information content (AvgIpc) is 2.33. The Morgan fingerprint density at radius 1 is 1.17 bits per heavy atom. The molecule has 0 aromatic carbocycles. The number of carbonyl (C=O) groups excluding carboxylic acids is 2. The summed E-state index contributed by atoms with van der Waals surface area (Å²) in [6, 6.07) is 0. The molecule has 0 saturated carbocycles. The van der Waals surface area contributed by atoms with E-state index in [2.05, 4.69) is 9.78 Å². The molecule has 0 aromatic rings. The van der Waals surface area contributed by atoms with Crippen molar-refractivity contribution in [3.05, 3.63) is 24.3 Å². The predicted molar refractivity (Wildman–Crippen MR) is 63.0 cm³/mol. The summed E-state index contributed by atoms with van der Waals surface area (Å²) in [5, 5.41) is 8.69. The lowest BCUT2D eigenvalue weighted by Gasteiger charge is -2.14. The molecule has 102 valence electrons. The molecule has 1 unspecified atom stereocenters. The van der Waals surface area contributed by atoms with E-state index >= 15 is 0 Å². The van der Waals surface area contributed by atoms with Gasteiger partial charge in [-0.25, -0.2) is 9.59 Å². The van der Waals surface area contributed by atoms with Gasteiger partial charge < -0.3 is 9.84 Å². The van der Waals surface area contributed by atoms with Gasteiger partial charge in [0.2, 0.25) is 6.29 Å². The van der Waals surface area contributed by atoms with Crippen LogP contribution in [-0.4, -0.2) is 29.9 Å². The van der Waals surface area contributed by atoms with Gasteiger partial charge in [0.15, 0.2) is 0 Å². The number of aliphatic hydroxyl groups is 1. The molecule has 6 nitrogen and oxygen atoms in total. The minimum absolute atomic E-state index is 0.0795. The van der Waals surface area contributed by atoms with E-state index < -0.39 is 18.2 Å². The number of hydrogen-bond acceptors (Lipinski definition) is 6. The second kappa shape index (κ2) is 10.5. The second-order valence-electron chi connectivity index (χ2n) is 3.23. The molecule has 0 aliphatic rings. The van der Waals surface area contributed by atoms with E-state index in [4.69, 9.17) is 9.84 Å². The quantitative estimate of drug-likeness (QED) is 0.232. The summed E-state index contributed by atoms with van der Waals surface area (Å²) in [7, 11) is 0. The summed E-state index contributed by atoms with van der Waals surface area (Å²) in [5.41, 5.74) is 0. The molecule has 0 amide bonds. The average molecular weight is 258 g/mol. The third-order valence-corrected chi connectivity index (χ3v) is 1.69. The molecule has 0 aromatic heterocycles. The lowest BCUT2D eigenvalue weighted by molar-refractivity contribution is -0.341. The van der Waals surface area contributed by atoms with Crippen LogP contribution in [-0.2, 0) is 24.1 Å². The normalized spacial score (nSPS) is 12.8. The van der Waals surface area contributed by atoms with E-state index in [1.54, 1.807) is 13.8 Å².